The largest absolute Gasteiger partial charge is 0.477 e. The molecule has 0 aliphatic carbocycles. The summed E-state index contributed by atoms with van der Waals surface area (Å²) in [6, 6.07) is 12.0. The van der Waals surface area contributed by atoms with Gasteiger partial charge in [-0.25, -0.2) is 4.79 Å². The van der Waals surface area contributed by atoms with Crippen LogP contribution < -0.4 is 10.1 Å². The summed E-state index contributed by atoms with van der Waals surface area (Å²) in [5, 5.41) is 3.39. The minimum Gasteiger partial charge on any atom is -0.477 e. The number of amides is 1. The van der Waals surface area contributed by atoms with Crippen molar-refractivity contribution in [2.45, 2.75) is 20.0 Å². The highest BCUT2D eigenvalue weighted by Crippen LogP contribution is 2.28. The Labute approximate surface area is 155 Å². The fourth-order valence-electron chi connectivity index (χ4n) is 1.98. The van der Waals surface area contributed by atoms with Crippen molar-refractivity contribution >= 4 is 40.8 Å². The lowest BCUT2D eigenvalue weighted by atomic mass is 10.2. The van der Waals surface area contributed by atoms with E-state index in [2.05, 4.69) is 5.32 Å². The molecule has 0 saturated carbocycles. The number of aryl methyl sites for hydroxylation is 1. The number of hydrogen-bond acceptors (Lipinski definition) is 4. The van der Waals surface area contributed by atoms with E-state index in [1.165, 1.54) is 13.0 Å². The molecule has 5 nitrogen and oxygen atoms in total. The molecule has 2 aromatic rings. The molecule has 0 bridgehead atoms. The second kappa shape index (κ2) is 8.74. The van der Waals surface area contributed by atoms with Gasteiger partial charge in [-0.15, -0.1) is 0 Å². The normalized spacial score (nSPS) is 11.5. The second-order valence-electron chi connectivity index (χ2n) is 5.36. The number of ether oxygens (including phenoxy) is 2. The summed E-state index contributed by atoms with van der Waals surface area (Å²) in [7, 11) is 0. The second-order valence-corrected chi connectivity index (χ2v) is 6.20. The van der Waals surface area contributed by atoms with Crippen molar-refractivity contribution in [2.75, 3.05) is 11.9 Å². The van der Waals surface area contributed by atoms with Crippen molar-refractivity contribution < 1.29 is 19.1 Å². The van der Waals surface area contributed by atoms with Gasteiger partial charge in [-0.1, -0.05) is 35.3 Å². The summed E-state index contributed by atoms with van der Waals surface area (Å²) in [4.78, 5) is 23.8. The quantitative estimate of drug-likeness (QED) is 0.759. The lowest BCUT2D eigenvalue weighted by Crippen LogP contribution is -2.29. The van der Waals surface area contributed by atoms with E-state index in [0.717, 1.165) is 5.56 Å². The van der Waals surface area contributed by atoms with E-state index in [-0.39, 0.29) is 5.02 Å². The first-order chi connectivity index (χ1) is 11.8. The molecular weight excluding hydrogens is 365 g/mol. The molecule has 1 atom stereocenters. The van der Waals surface area contributed by atoms with Crippen molar-refractivity contribution in [1.82, 2.24) is 0 Å². The number of carbonyl (C=O) groups is 2. The van der Waals surface area contributed by atoms with E-state index in [1.807, 2.05) is 25.1 Å². The molecule has 132 valence electrons. The zero-order valence-corrected chi connectivity index (χ0v) is 15.2. The third kappa shape index (κ3) is 5.96. The van der Waals surface area contributed by atoms with Gasteiger partial charge in [0.05, 0.1) is 5.02 Å². The molecule has 1 amide bonds. The Morgan fingerprint density at radius 3 is 2.60 bits per heavy atom. The molecule has 0 aromatic heterocycles. The number of nitrogens with one attached hydrogen (secondary N) is 1. The average Bonchev–Trinajstić information content (AvgIpc) is 2.55. The number of esters is 1. The first-order valence-electron chi connectivity index (χ1n) is 7.50. The van der Waals surface area contributed by atoms with Crippen LogP contribution in [0.3, 0.4) is 0 Å². The SMILES string of the molecule is Cc1cccc(NC(=O)COC(=O)[C@@H](C)Oc2ccc(Cl)cc2Cl)c1. The van der Waals surface area contributed by atoms with Gasteiger partial charge in [-0.3, -0.25) is 4.79 Å². The van der Waals surface area contributed by atoms with Gasteiger partial charge in [0, 0.05) is 10.7 Å². The van der Waals surface area contributed by atoms with Gasteiger partial charge < -0.3 is 14.8 Å². The maximum atomic E-state index is 11.9. The third-order valence-electron chi connectivity index (χ3n) is 3.18. The Morgan fingerprint density at radius 1 is 1.16 bits per heavy atom. The van der Waals surface area contributed by atoms with Gasteiger partial charge in [0.15, 0.2) is 12.7 Å². The van der Waals surface area contributed by atoms with Gasteiger partial charge >= 0.3 is 5.97 Å². The average molecular weight is 382 g/mol. The lowest BCUT2D eigenvalue weighted by Gasteiger charge is -2.15. The number of hydrogen-bond donors (Lipinski definition) is 1. The molecule has 2 rings (SSSR count). The highest BCUT2D eigenvalue weighted by atomic mass is 35.5. The van der Waals surface area contributed by atoms with Crippen LogP contribution in [0.1, 0.15) is 12.5 Å². The minimum atomic E-state index is -0.926. The van der Waals surface area contributed by atoms with Crippen molar-refractivity contribution in [2.24, 2.45) is 0 Å². The van der Waals surface area contributed by atoms with Gasteiger partial charge in [-0.2, -0.15) is 0 Å². The Balaban J connectivity index is 1.83. The molecule has 0 aliphatic rings. The number of carbonyl (C=O) groups excluding carboxylic acids is 2. The molecule has 0 radical (unpaired) electrons. The Bertz CT molecular complexity index is 779. The fourth-order valence-corrected chi connectivity index (χ4v) is 2.44. The first-order valence-corrected chi connectivity index (χ1v) is 8.25. The third-order valence-corrected chi connectivity index (χ3v) is 3.71. The smallest absolute Gasteiger partial charge is 0.347 e. The van der Waals surface area contributed by atoms with Crippen LogP contribution in [0.4, 0.5) is 5.69 Å². The molecular formula is C18H17Cl2NO4. The highest BCUT2D eigenvalue weighted by molar-refractivity contribution is 6.35. The summed E-state index contributed by atoms with van der Waals surface area (Å²) < 4.78 is 10.4. The van der Waals surface area contributed by atoms with Crippen LogP contribution in [0, 0.1) is 6.92 Å². The van der Waals surface area contributed by atoms with Crippen molar-refractivity contribution in [1.29, 1.82) is 0 Å². The molecule has 2 aromatic carbocycles. The number of halogens is 2. The molecule has 1 N–H and O–H groups in total. The molecule has 0 unspecified atom stereocenters. The fraction of sp³-hybridized carbons (Fsp3) is 0.222. The van der Waals surface area contributed by atoms with Crippen LogP contribution in [-0.4, -0.2) is 24.6 Å². The molecule has 0 spiro atoms. The number of benzene rings is 2. The maximum absolute atomic E-state index is 11.9. The van der Waals surface area contributed by atoms with Crippen LogP contribution in [0.25, 0.3) is 0 Å². The van der Waals surface area contributed by atoms with E-state index < -0.39 is 24.6 Å². The standard InChI is InChI=1S/C18H17Cl2NO4/c1-11-4-3-5-14(8-11)21-17(22)10-24-18(23)12(2)25-16-7-6-13(19)9-15(16)20/h3-9,12H,10H2,1-2H3,(H,21,22)/t12-/m1/s1. The van der Waals surface area contributed by atoms with Gasteiger partial charge in [0.1, 0.15) is 5.75 Å². The highest BCUT2D eigenvalue weighted by Gasteiger charge is 2.19. The summed E-state index contributed by atoms with van der Waals surface area (Å²) in [6.45, 7) is 3.01. The van der Waals surface area contributed by atoms with Crippen LogP contribution in [0.15, 0.2) is 42.5 Å². The summed E-state index contributed by atoms with van der Waals surface area (Å²) >= 11 is 11.8. The van der Waals surface area contributed by atoms with E-state index in [9.17, 15) is 9.59 Å². The summed E-state index contributed by atoms with van der Waals surface area (Å²) in [6.07, 6.45) is -0.926. The van der Waals surface area contributed by atoms with Crippen molar-refractivity contribution in [3.8, 4) is 5.75 Å². The van der Waals surface area contributed by atoms with E-state index in [4.69, 9.17) is 32.7 Å². The van der Waals surface area contributed by atoms with Crippen LogP contribution >= 0.6 is 23.2 Å². The predicted molar refractivity (Wildman–Crippen MR) is 97.3 cm³/mol. The van der Waals surface area contributed by atoms with Gasteiger partial charge in [0.2, 0.25) is 0 Å². The van der Waals surface area contributed by atoms with Crippen LogP contribution in [-0.2, 0) is 14.3 Å². The van der Waals surface area contributed by atoms with Crippen molar-refractivity contribution in [3.05, 3.63) is 58.1 Å². The van der Waals surface area contributed by atoms with Crippen molar-refractivity contribution in [3.63, 3.8) is 0 Å². The number of anilines is 1. The number of rotatable bonds is 6. The van der Waals surface area contributed by atoms with Gasteiger partial charge in [-0.05, 0) is 49.7 Å². The zero-order valence-electron chi connectivity index (χ0n) is 13.7. The molecule has 0 fully saturated rings. The predicted octanol–water partition coefficient (Wildman–Crippen LogP) is 4.25. The summed E-state index contributed by atoms with van der Waals surface area (Å²) in [5.41, 5.74) is 1.65. The van der Waals surface area contributed by atoms with E-state index >= 15 is 0 Å². The summed E-state index contributed by atoms with van der Waals surface area (Å²) in [5.74, 6) is -0.805. The Morgan fingerprint density at radius 2 is 1.92 bits per heavy atom. The van der Waals surface area contributed by atoms with Crippen LogP contribution in [0.5, 0.6) is 5.75 Å². The van der Waals surface area contributed by atoms with Gasteiger partial charge in [0.25, 0.3) is 5.91 Å². The zero-order chi connectivity index (χ0) is 18.4. The topological polar surface area (TPSA) is 64.6 Å². The maximum Gasteiger partial charge on any atom is 0.347 e. The molecule has 7 heteroatoms. The van der Waals surface area contributed by atoms with E-state index in [1.54, 1.807) is 18.2 Å². The molecule has 0 saturated heterocycles. The monoisotopic (exact) mass is 381 g/mol. The lowest BCUT2D eigenvalue weighted by molar-refractivity contribution is -0.153. The Kier molecular flexibility index (Phi) is 6.67. The molecule has 0 aliphatic heterocycles. The first kappa shape index (κ1) is 19.1. The van der Waals surface area contributed by atoms with Crippen LogP contribution in [0.2, 0.25) is 10.0 Å². The Hall–Kier alpha value is -2.24. The minimum absolute atomic E-state index is 0.282. The molecule has 0 heterocycles. The van der Waals surface area contributed by atoms with E-state index in [0.29, 0.717) is 16.5 Å². The molecule has 25 heavy (non-hydrogen) atoms.